The van der Waals surface area contributed by atoms with Gasteiger partial charge in [-0.05, 0) is 6.42 Å². The molecule has 52 valence electrons. The SMILES string of the molecule is NNC(=O)C1CC1(Cl)Cl. The van der Waals surface area contributed by atoms with Crippen LogP contribution >= 0.6 is 23.2 Å². The molecule has 0 aliphatic heterocycles. The van der Waals surface area contributed by atoms with E-state index >= 15 is 0 Å². The molecule has 1 saturated carbocycles. The quantitative estimate of drug-likeness (QED) is 0.254. The number of carbonyl (C=O) groups excluding carboxylic acids is 1. The summed E-state index contributed by atoms with van der Waals surface area (Å²) >= 11 is 11.1. The summed E-state index contributed by atoms with van der Waals surface area (Å²) in [5, 5.41) is 0. The molecule has 3 nitrogen and oxygen atoms in total. The fourth-order valence-corrected chi connectivity index (χ4v) is 1.11. The Kier molecular flexibility index (Phi) is 1.59. The third-order valence-electron chi connectivity index (χ3n) is 1.28. The predicted octanol–water partition coefficient (Wildman–Crippen LogP) is 0.170. The Bertz CT molecular complexity index is 148. The summed E-state index contributed by atoms with van der Waals surface area (Å²) in [4.78, 5) is 10.6. The van der Waals surface area contributed by atoms with Gasteiger partial charge in [-0.3, -0.25) is 10.2 Å². The van der Waals surface area contributed by atoms with Crippen molar-refractivity contribution in [1.82, 2.24) is 5.43 Å². The molecule has 0 bridgehead atoms. The number of carbonyl (C=O) groups is 1. The Balaban J connectivity index is 2.42. The first-order valence-electron chi connectivity index (χ1n) is 2.46. The van der Waals surface area contributed by atoms with Crippen molar-refractivity contribution in [3.8, 4) is 0 Å². The highest BCUT2D eigenvalue weighted by Crippen LogP contribution is 2.52. The van der Waals surface area contributed by atoms with Gasteiger partial charge in [0.25, 0.3) is 0 Å². The van der Waals surface area contributed by atoms with Crippen LogP contribution in [0.2, 0.25) is 0 Å². The summed E-state index contributed by atoms with van der Waals surface area (Å²) in [6, 6.07) is 0. The Labute approximate surface area is 62.5 Å². The molecule has 0 aromatic rings. The van der Waals surface area contributed by atoms with Crippen LogP contribution in [0, 0.1) is 5.92 Å². The molecule has 1 aliphatic carbocycles. The summed E-state index contributed by atoms with van der Waals surface area (Å²) in [7, 11) is 0. The van der Waals surface area contributed by atoms with Crippen molar-refractivity contribution in [2.24, 2.45) is 11.8 Å². The van der Waals surface area contributed by atoms with Gasteiger partial charge in [0, 0.05) is 0 Å². The van der Waals surface area contributed by atoms with E-state index in [0.717, 1.165) is 0 Å². The van der Waals surface area contributed by atoms with Crippen molar-refractivity contribution in [2.45, 2.75) is 10.8 Å². The zero-order valence-corrected chi connectivity index (χ0v) is 6.04. The van der Waals surface area contributed by atoms with Crippen molar-refractivity contribution in [1.29, 1.82) is 0 Å². The third kappa shape index (κ3) is 1.28. The largest absolute Gasteiger partial charge is 0.294 e. The molecule has 0 heterocycles. The Hall–Kier alpha value is 0.01000. The lowest BCUT2D eigenvalue weighted by Gasteiger charge is -1.95. The van der Waals surface area contributed by atoms with E-state index in [2.05, 4.69) is 0 Å². The lowest BCUT2D eigenvalue weighted by molar-refractivity contribution is -0.122. The minimum atomic E-state index is -0.858. The number of amides is 1. The average Bonchev–Trinajstić information content (AvgIpc) is 2.38. The number of hydrogen-bond acceptors (Lipinski definition) is 2. The normalized spacial score (nSPS) is 29.4. The van der Waals surface area contributed by atoms with E-state index in [9.17, 15) is 4.79 Å². The van der Waals surface area contributed by atoms with E-state index in [1.807, 2.05) is 5.43 Å². The summed E-state index contributed by atoms with van der Waals surface area (Å²) in [6.07, 6.45) is 0.499. The molecule has 0 radical (unpaired) electrons. The van der Waals surface area contributed by atoms with Crippen LogP contribution in [0.15, 0.2) is 0 Å². The molecule has 1 unspecified atom stereocenters. The van der Waals surface area contributed by atoms with E-state index < -0.39 is 4.33 Å². The summed E-state index contributed by atoms with van der Waals surface area (Å²) < 4.78 is -0.858. The molecule has 5 heteroatoms. The Morgan fingerprint density at radius 3 is 2.33 bits per heavy atom. The predicted molar refractivity (Wildman–Crippen MR) is 34.9 cm³/mol. The van der Waals surface area contributed by atoms with Crippen LogP contribution < -0.4 is 11.3 Å². The van der Waals surface area contributed by atoms with Gasteiger partial charge in [0.2, 0.25) is 5.91 Å². The maximum atomic E-state index is 10.6. The second kappa shape index (κ2) is 2.01. The lowest BCUT2D eigenvalue weighted by atomic mass is 10.4. The van der Waals surface area contributed by atoms with Crippen LogP contribution in [-0.4, -0.2) is 10.2 Å². The van der Waals surface area contributed by atoms with Gasteiger partial charge in [-0.2, -0.15) is 0 Å². The molecule has 9 heavy (non-hydrogen) atoms. The zero-order valence-electron chi connectivity index (χ0n) is 4.53. The monoisotopic (exact) mass is 168 g/mol. The van der Waals surface area contributed by atoms with Crippen molar-refractivity contribution < 1.29 is 4.79 Å². The zero-order chi connectivity index (χ0) is 7.07. The highest BCUT2D eigenvalue weighted by Gasteiger charge is 2.56. The van der Waals surface area contributed by atoms with E-state index in [1.54, 1.807) is 0 Å². The second-order valence-electron chi connectivity index (χ2n) is 2.03. The van der Waals surface area contributed by atoms with Crippen LogP contribution in [0.1, 0.15) is 6.42 Å². The van der Waals surface area contributed by atoms with Gasteiger partial charge in [0.05, 0.1) is 5.92 Å². The fraction of sp³-hybridized carbons (Fsp3) is 0.750. The van der Waals surface area contributed by atoms with Gasteiger partial charge < -0.3 is 0 Å². The van der Waals surface area contributed by atoms with Gasteiger partial charge in [0.1, 0.15) is 4.33 Å². The minimum Gasteiger partial charge on any atom is -0.294 e. The topological polar surface area (TPSA) is 55.1 Å². The Morgan fingerprint density at radius 1 is 1.78 bits per heavy atom. The molecule has 0 aromatic carbocycles. The maximum absolute atomic E-state index is 10.6. The first kappa shape index (κ1) is 7.12. The number of alkyl halides is 2. The van der Waals surface area contributed by atoms with E-state index in [4.69, 9.17) is 29.0 Å². The molecule has 1 fully saturated rings. The van der Waals surface area contributed by atoms with E-state index in [-0.39, 0.29) is 11.8 Å². The fourth-order valence-electron chi connectivity index (χ4n) is 0.598. The van der Waals surface area contributed by atoms with Crippen LogP contribution in [0.5, 0.6) is 0 Å². The smallest absolute Gasteiger partial charge is 0.240 e. The molecule has 3 N–H and O–H groups in total. The average molecular weight is 169 g/mol. The number of rotatable bonds is 1. The standard InChI is InChI=1S/C4H6Cl2N2O/c5-4(6)1-2(4)3(9)8-7/h2H,1,7H2,(H,8,9). The molecular weight excluding hydrogens is 163 g/mol. The van der Waals surface area contributed by atoms with Crippen molar-refractivity contribution >= 4 is 29.1 Å². The first-order chi connectivity index (χ1) is 4.08. The molecular formula is C4H6Cl2N2O. The molecule has 1 rings (SSSR count). The highest BCUT2D eigenvalue weighted by molar-refractivity contribution is 6.52. The van der Waals surface area contributed by atoms with Gasteiger partial charge >= 0.3 is 0 Å². The number of nitrogens with two attached hydrogens (primary N) is 1. The molecule has 1 aliphatic rings. The Morgan fingerprint density at radius 2 is 2.22 bits per heavy atom. The number of hydrazine groups is 1. The molecule has 1 atom stereocenters. The van der Waals surface area contributed by atoms with Crippen molar-refractivity contribution in [3.05, 3.63) is 0 Å². The van der Waals surface area contributed by atoms with Crippen molar-refractivity contribution in [2.75, 3.05) is 0 Å². The first-order valence-corrected chi connectivity index (χ1v) is 3.22. The molecule has 0 saturated heterocycles. The summed E-state index contributed by atoms with van der Waals surface area (Å²) in [6.45, 7) is 0. The van der Waals surface area contributed by atoms with Crippen LogP contribution in [-0.2, 0) is 4.79 Å². The molecule has 0 spiro atoms. The highest BCUT2D eigenvalue weighted by atomic mass is 35.5. The van der Waals surface area contributed by atoms with Crippen LogP contribution in [0.3, 0.4) is 0 Å². The summed E-state index contributed by atoms with van der Waals surface area (Å²) in [5.41, 5.74) is 1.97. The maximum Gasteiger partial charge on any atom is 0.240 e. The molecule has 1 amide bonds. The summed E-state index contributed by atoms with van der Waals surface area (Å²) in [5.74, 6) is 4.21. The minimum absolute atomic E-state index is 0.292. The van der Waals surface area contributed by atoms with E-state index in [0.29, 0.717) is 6.42 Å². The molecule has 0 aromatic heterocycles. The van der Waals surface area contributed by atoms with E-state index in [1.165, 1.54) is 0 Å². The van der Waals surface area contributed by atoms with Gasteiger partial charge in [-0.1, -0.05) is 0 Å². The van der Waals surface area contributed by atoms with Gasteiger partial charge in [0.15, 0.2) is 0 Å². The number of halogens is 2. The van der Waals surface area contributed by atoms with Gasteiger partial charge in [-0.25, -0.2) is 5.84 Å². The number of nitrogens with one attached hydrogen (secondary N) is 1. The van der Waals surface area contributed by atoms with Crippen LogP contribution in [0.25, 0.3) is 0 Å². The van der Waals surface area contributed by atoms with Crippen molar-refractivity contribution in [3.63, 3.8) is 0 Å². The van der Waals surface area contributed by atoms with Crippen LogP contribution in [0.4, 0.5) is 0 Å². The lowest BCUT2D eigenvalue weighted by Crippen LogP contribution is -2.32. The number of hydrogen-bond donors (Lipinski definition) is 2. The van der Waals surface area contributed by atoms with Gasteiger partial charge in [-0.15, -0.1) is 23.2 Å². The second-order valence-corrected chi connectivity index (χ2v) is 3.57. The third-order valence-corrected chi connectivity index (χ3v) is 2.12.